The molecule has 0 spiro atoms. The molecule has 1 aromatic carbocycles. The van der Waals surface area contributed by atoms with Crippen LogP contribution in [0.15, 0.2) is 39.4 Å². The lowest BCUT2D eigenvalue weighted by atomic mass is 10.2. The van der Waals surface area contributed by atoms with Crippen molar-refractivity contribution in [1.29, 1.82) is 0 Å². The standard InChI is InChI=1S/C12H18N4S/c1-2-3-8-17-11-7-5-4-6-10(11)9-15-16-12(13)14/h4-7,9H,2-3,8H2,1H3,(H4,13,14,16). The molecule has 92 valence electrons. The highest BCUT2D eigenvalue weighted by Crippen LogP contribution is 2.22. The summed E-state index contributed by atoms with van der Waals surface area (Å²) in [4.78, 5) is 1.20. The zero-order chi connectivity index (χ0) is 12.5. The van der Waals surface area contributed by atoms with Gasteiger partial charge in [-0.15, -0.1) is 16.9 Å². The van der Waals surface area contributed by atoms with E-state index in [-0.39, 0.29) is 5.96 Å². The fourth-order valence-electron chi connectivity index (χ4n) is 1.20. The lowest BCUT2D eigenvalue weighted by Gasteiger charge is -2.03. The van der Waals surface area contributed by atoms with Crippen LogP contribution in [0, 0.1) is 0 Å². The van der Waals surface area contributed by atoms with Gasteiger partial charge in [-0.05, 0) is 18.2 Å². The molecule has 17 heavy (non-hydrogen) atoms. The van der Waals surface area contributed by atoms with Crippen LogP contribution in [0.3, 0.4) is 0 Å². The number of nitrogens with zero attached hydrogens (tertiary/aromatic N) is 2. The van der Waals surface area contributed by atoms with Crippen molar-refractivity contribution in [2.75, 3.05) is 5.75 Å². The quantitative estimate of drug-likeness (QED) is 0.267. The highest BCUT2D eigenvalue weighted by molar-refractivity contribution is 7.99. The Morgan fingerprint density at radius 1 is 1.35 bits per heavy atom. The van der Waals surface area contributed by atoms with Gasteiger partial charge in [-0.25, -0.2) is 0 Å². The van der Waals surface area contributed by atoms with Crippen molar-refractivity contribution in [2.24, 2.45) is 21.7 Å². The Bertz CT molecular complexity index is 397. The highest BCUT2D eigenvalue weighted by Gasteiger charge is 1.99. The lowest BCUT2D eigenvalue weighted by molar-refractivity contribution is 0.896. The monoisotopic (exact) mass is 250 g/mol. The van der Waals surface area contributed by atoms with Gasteiger partial charge in [0.05, 0.1) is 6.21 Å². The first-order valence-corrected chi connectivity index (χ1v) is 6.56. The summed E-state index contributed by atoms with van der Waals surface area (Å²) >= 11 is 1.83. The first-order chi connectivity index (χ1) is 8.24. The van der Waals surface area contributed by atoms with E-state index in [4.69, 9.17) is 11.5 Å². The first-order valence-electron chi connectivity index (χ1n) is 5.58. The molecule has 0 saturated carbocycles. The summed E-state index contributed by atoms with van der Waals surface area (Å²) in [5, 5.41) is 7.42. The van der Waals surface area contributed by atoms with Gasteiger partial charge in [-0.1, -0.05) is 31.5 Å². The van der Waals surface area contributed by atoms with E-state index in [1.165, 1.54) is 17.7 Å². The summed E-state index contributed by atoms with van der Waals surface area (Å²) < 4.78 is 0. The van der Waals surface area contributed by atoms with Crippen molar-refractivity contribution in [3.8, 4) is 0 Å². The van der Waals surface area contributed by atoms with Crippen molar-refractivity contribution in [3.63, 3.8) is 0 Å². The number of hydrogen-bond acceptors (Lipinski definition) is 3. The molecule has 0 aliphatic heterocycles. The van der Waals surface area contributed by atoms with Crippen LogP contribution in [-0.4, -0.2) is 17.9 Å². The minimum absolute atomic E-state index is 0.0302. The summed E-state index contributed by atoms with van der Waals surface area (Å²) in [6, 6.07) is 8.07. The molecule has 0 bridgehead atoms. The van der Waals surface area contributed by atoms with Crippen LogP contribution in [-0.2, 0) is 0 Å². The molecule has 0 saturated heterocycles. The highest BCUT2D eigenvalue weighted by atomic mass is 32.2. The van der Waals surface area contributed by atoms with E-state index in [1.807, 2.05) is 30.0 Å². The van der Waals surface area contributed by atoms with E-state index in [2.05, 4.69) is 23.2 Å². The van der Waals surface area contributed by atoms with Crippen molar-refractivity contribution in [1.82, 2.24) is 0 Å². The number of hydrogen-bond donors (Lipinski definition) is 2. The SMILES string of the molecule is CCCCSc1ccccc1C=NN=C(N)N. The van der Waals surface area contributed by atoms with Crippen LogP contribution in [0.4, 0.5) is 0 Å². The molecule has 0 aromatic heterocycles. The third-order valence-corrected chi connectivity index (χ3v) is 3.22. The Balaban J connectivity index is 2.70. The summed E-state index contributed by atoms with van der Waals surface area (Å²) in [5.74, 6) is 1.08. The molecule has 0 radical (unpaired) electrons. The number of benzene rings is 1. The van der Waals surface area contributed by atoms with Gasteiger partial charge in [-0.2, -0.15) is 5.10 Å². The molecule has 4 N–H and O–H groups in total. The predicted molar refractivity (Wildman–Crippen MR) is 75.5 cm³/mol. The van der Waals surface area contributed by atoms with Gasteiger partial charge in [0.15, 0.2) is 0 Å². The summed E-state index contributed by atoms with van der Waals surface area (Å²) in [6.45, 7) is 2.19. The Morgan fingerprint density at radius 3 is 2.82 bits per heavy atom. The molecule has 5 heteroatoms. The Labute approximate surface area is 106 Å². The third-order valence-electron chi connectivity index (χ3n) is 2.04. The van der Waals surface area contributed by atoms with Crippen LogP contribution in [0.25, 0.3) is 0 Å². The number of thioether (sulfide) groups is 1. The largest absolute Gasteiger partial charge is 0.369 e. The van der Waals surface area contributed by atoms with E-state index in [9.17, 15) is 0 Å². The average molecular weight is 250 g/mol. The van der Waals surface area contributed by atoms with Gasteiger partial charge >= 0.3 is 0 Å². The molecule has 0 fully saturated rings. The molecule has 0 aliphatic carbocycles. The first kappa shape index (κ1) is 13.6. The van der Waals surface area contributed by atoms with Gasteiger partial charge in [-0.3, -0.25) is 0 Å². The molecule has 1 aromatic rings. The molecule has 0 atom stereocenters. The fraction of sp³-hybridized carbons (Fsp3) is 0.333. The maximum Gasteiger partial charge on any atom is 0.211 e. The van der Waals surface area contributed by atoms with Crippen LogP contribution in [0.1, 0.15) is 25.3 Å². The zero-order valence-corrected chi connectivity index (χ0v) is 10.8. The smallest absolute Gasteiger partial charge is 0.211 e. The fourth-order valence-corrected chi connectivity index (χ4v) is 2.32. The second-order valence-corrected chi connectivity index (χ2v) is 4.65. The minimum atomic E-state index is -0.0302. The zero-order valence-electron chi connectivity index (χ0n) is 9.97. The molecule has 1 rings (SSSR count). The summed E-state index contributed by atoms with van der Waals surface area (Å²) in [7, 11) is 0. The van der Waals surface area contributed by atoms with Crippen LogP contribution < -0.4 is 11.5 Å². The van der Waals surface area contributed by atoms with E-state index in [0.717, 1.165) is 11.3 Å². The second kappa shape index (κ2) is 7.73. The molecular weight excluding hydrogens is 232 g/mol. The molecular formula is C12H18N4S. The van der Waals surface area contributed by atoms with Crippen LogP contribution in [0.2, 0.25) is 0 Å². The van der Waals surface area contributed by atoms with E-state index >= 15 is 0 Å². The Hall–Kier alpha value is -1.49. The van der Waals surface area contributed by atoms with Crippen molar-refractivity contribution < 1.29 is 0 Å². The number of nitrogens with two attached hydrogens (primary N) is 2. The Kier molecular flexibility index (Phi) is 6.17. The molecule has 0 amide bonds. The number of rotatable bonds is 6. The van der Waals surface area contributed by atoms with E-state index in [1.54, 1.807) is 6.21 Å². The van der Waals surface area contributed by atoms with Gasteiger partial charge in [0.1, 0.15) is 0 Å². The lowest BCUT2D eigenvalue weighted by Crippen LogP contribution is -2.21. The third kappa shape index (κ3) is 5.40. The maximum absolute atomic E-state index is 5.20. The minimum Gasteiger partial charge on any atom is -0.369 e. The van der Waals surface area contributed by atoms with Crippen molar-refractivity contribution in [2.45, 2.75) is 24.7 Å². The van der Waals surface area contributed by atoms with Crippen molar-refractivity contribution in [3.05, 3.63) is 29.8 Å². The molecule has 0 unspecified atom stereocenters. The van der Waals surface area contributed by atoms with E-state index < -0.39 is 0 Å². The average Bonchev–Trinajstić information content (AvgIpc) is 2.31. The molecule has 0 heterocycles. The maximum atomic E-state index is 5.20. The van der Waals surface area contributed by atoms with E-state index in [0.29, 0.717) is 0 Å². The molecule has 4 nitrogen and oxygen atoms in total. The van der Waals surface area contributed by atoms with Crippen LogP contribution >= 0.6 is 11.8 Å². The van der Waals surface area contributed by atoms with Gasteiger partial charge < -0.3 is 11.5 Å². The Morgan fingerprint density at radius 2 is 2.12 bits per heavy atom. The topological polar surface area (TPSA) is 76.8 Å². The number of unbranched alkanes of at least 4 members (excludes halogenated alkanes) is 1. The summed E-state index contributed by atoms with van der Waals surface area (Å²) in [5.41, 5.74) is 11.4. The second-order valence-electron chi connectivity index (χ2n) is 3.51. The molecule has 0 aliphatic rings. The normalized spacial score (nSPS) is 10.6. The van der Waals surface area contributed by atoms with Crippen LogP contribution in [0.5, 0.6) is 0 Å². The van der Waals surface area contributed by atoms with Crippen molar-refractivity contribution >= 4 is 23.9 Å². The van der Waals surface area contributed by atoms with Gasteiger partial charge in [0.2, 0.25) is 5.96 Å². The summed E-state index contributed by atoms with van der Waals surface area (Å²) in [6.07, 6.45) is 4.09. The van der Waals surface area contributed by atoms with Gasteiger partial charge in [0.25, 0.3) is 0 Å². The predicted octanol–water partition coefficient (Wildman–Crippen LogP) is 2.19. The van der Waals surface area contributed by atoms with Gasteiger partial charge in [0, 0.05) is 10.5 Å². The number of guanidine groups is 1.